The lowest BCUT2D eigenvalue weighted by Crippen LogP contribution is -2.45. The van der Waals surface area contributed by atoms with Crippen molar-refractivity contribution < 1.29 is 19.1 Å². The molecule has 0 unspecified atom stereocenters. The maximum absolute atomic E-state index is 13.4. The molecule has 2 heterocycles. The van der Waals surface area contributed by atoms with Crippen LogP contribution in [0.25, 0.3) is 10.9 Å². The van der Waals surface area contributed by atoms with Gasteiger partial charge in [0.15, 0.2) is 5.43 Å². The van der Waals surface area contributed by atoms with Crippen LogP contribution in [0, 0.1) is 12.8 Å². The first kappa shape index (κ1) is 23.6. The second-order valence-corrected chi connectivity index (χ2v) is 9.46. The fraction of sp³-hybridized carbons (Fsp3) is 0.542. The summed E-state index contributed by atoms with van der Waals surface area (Å²) in [6.07, 6.45) is 1.37. The number of hydrogen-bond donors (Lipinski definition) is 1. The Morgan fingerprint density at radius 3 is 2.66 bits per heavy atom. The van der Waals surface area contributed by atoms with Crippen molar-refractivity contribution in [2.24, 2.45) is 5.92 Å². The number of nitrogens with zero attached hydrogens (tertiary/aromatic N) is 2. The van der Waals surface area contributed by atoms with Gasteiger partial charge in [0.05, 0.1) is 12.6 Å². The molecule has 2 amide bonds. The molecule has 32 heavy (non-hydrogen) atoms. The summed E-state index contributed by atoms with van der Waals surface area (Å²) in [6, 6.07) is 5.24. The molecule has 0 aliphatic carbocycles. The molecule has 1 saturated heterocycles. The first-order valence-electron chi connectivity index (χ1n) is 10.9. The predicted molar refractivity (Wildman–Crippen MR) is 123 cm³/mol. The molecule has 1 aliphatic heterocycles. The number of carbonyl (C=O) groups excluding carboxylic acids is 2. The Hall–Kier alpha value is -3.03. The van der Waals surface area contributed by atoms with Gasteiger partial charge in [0.2, 0.25) is 0 Å². The van der Waals surface area contributed by atoms with Gasteiger partial charge < -0.3 is 24.3 Å². The van der Waals surface area contributed by atoms with E-state index in [9.17, 15) is 14.4 Å². The molecular formula is C24H33N3O5. The molecule has 8 nitrogen and oxygen atoms in total. The predicted octanol–water partition coefficient (Wildman–Crippen LogP) is 3.56. The van der Waals surface area contributed by atoms with Crippen LogP contribution in [0.1, 0.15) is 49.7 Å². The highest BCUT2D eigenvalue weighted by Gasteiger charge is 2.29. The molecule has 1 aliphatic rings. The second-order valence-electron chi connectivity index (χ2n) is 9.46. The topological polar surface area (TPSA) is 91.9 Å². The molecule has 0 bridgehead atoms. The van der Waals surface area contributed by atoms with Gasteiger partial charge in [0, 0.05) is 37.6 Å². The van der Waals surface area contributed by atoms with Gasteiger partial charge in [0.1, 0.15) is 17.0 Å². The van der Waals surface area contributed by atoms with Crippen molar-refractivity contribution in [2.75, 3.05) is 33.8 Å². The molecule has 1 aromatic carbocycles. The summed E-state index contributed by atoms with van der Waals surface area (Å²) >= 11 is 0. The monoisotopic (exact) mass is 443 g/mol. The fourth-order valence-electron chi connectivity index (χ4n) is 4.13. The van der Waals surface area contributed by atoms with Gasteiger partial charge in [0.25, 0.3) is 5.91 Å². The van der Waals surface area contributed by atoms with E-state index in [-0.39, 0.29) is 29.0 Å². The van der Waals surface area contributed by atoms with Gasteiger partial charge in [-0.25, -0.2) is 4.79 Å². The minimum Gasteiger partial charge on any atom is -0.495 e. The molecule has 2 aromatic rings. The summed E-state index contributed by atoms with van der Waals surface area (Å²) in [5.74, 6) is 0.438. The van der Waals surface area contributed by atoms with Crippen LogP contribution < -0.4 is 10.2 Å². The van der Waals surface area contributed by atoms with Crippen molar-refractivity contribution in [1.29, 1.82) is 0 Å². The maximum Gasteiger partial charge on any atom is 0.410 e. The molecule has 8 heteroatoms. The first-order valence-corrected chi connectivity index (χ1v) is 10.9. The van der Waals surface area contributed by atoms with Crippen LogP contribution in [-0.2, 0) is 4.74 Å². The van der Waals surface area contributed by atoms with Crippen molar-refractivity contribution in [3.8, 4) is 5.75 Å². The fourth-order valence-corrected chi connectivity index (χ4v) is 4.13. The number of ether oxygens (including phenoxy) is 2. The molecule has 1 N–H and O–H groups in total. The van der Waals surface area contributed by atoms with Crippen LogP contribution in [0.15, 0.2) is 23.0 Å². The van der Waals surface area contributed by atoms with E-state index in [1.807, 2.05) is 20.8 Å². The smallest absolute Gasteiger partial charge is 0.410 e. The Morgan fingerprint density at radius 2 is 2.00 bits per heavy atom. The highest BCUT2D eigenvalue weighted by molar-refractivity contribution is 5.97. The van der Waals surface area contributed by atoms with Crippen LogP contribution in [0.2, 0.25) is 0 Å². The average Bonchev–Trinajstić information content (AvgIpc) is 2.74. The number of para-hydroxylation sites is 1. The van der Waals surface area contributed by atoms with Crippen LogP contribution in [0.3, 0.4) is 0 Å². The van der Waals surface area contributed by atoms with E-state index in [0.29, 0.717) is 41.9 Å². The highest BCUT2D eigenvalue weighted by Crippen LogP contribution is 2.25. The Bertz CT molecular complexity index is 1070. The van der Waals surface area contributed by atoms with Crippen LogP contribution >= 0.6 is 0 Å². The molecular weight excluding hydrogens is 410 g/mol. The van der Waals surface area contributed by atoms with Crippen LogP contribution in [0.5, 0.6) is 5.75 Å². The number of aromatic amines is 1. The van der Waals surface area contributed by atoms with Gasteiger partial charge in [-0.05, 0) is 58.6 Å². The number of carbonyl (C=O) groups is 2. The van der Waals surface area contributed by atoms with Gasteiger partial charge in [-0.15, -0.1) is 0 Å². The van der Waals surface area contributed by atoms with E-state index in [1.54, 1.807) is 42.0 Å². The molecule has 1 aromatic heterocycles. The Balaban J connectivity index is 1.79. The summed E-state index contributed by atoms with van der Waals surface area (Å²) in [6.45, 7) is 8.79. The molecule has 0 saturated carbocycles. The van der Waals surface area contributed by atoms with E-state index in [1.165, 1.54) is 7.11 Å². The second kappa shape index (κ2) is 9.22. The summed E-state index contributed by atoms with van der Waals surface area (Å²) in [5.41, 5.74) is 0.462. The maximum atomic E-state index is 13.4. The number of likely N-dealkylation sites (tertiary alicyclic amines) is 1. The number of hydrogen-bond acceptors (Lipinski definition) is 5. The summed E-state index contributed by atoms with van der Waals surface area (Å²) < 4.78 is 10.8. The highest BCUT2D eigenvalue weighted by atomic mass is 16.6. The number of nitrogens with one attached hydrogen (secondary N) is 1. The standard InChI is InChI=1S/C24H33N3O5/c1-15-19(25-20-17(21(15)28)10-7-11-18(20)31-6)22(29)27-12-8-9-16(14-27)13-26(5)23(30)32-24(2,3)4/h7,10-11,16H,8-9,12-14H2,1-6H3,(H,25,28)/t16-/m1/s1. The van der Waals surface area contributed by atoms with E-state index >= 15 is 0 Å². The number of rotatable bonds is 4. The van der Waals surface area contributed by atoms with Gasteiger partial charge in [-0.2, -0.15) is 0 Å². The molecule has 174 valence electrons. The van der Waals surface area contributed by atoms with E-state index < -0.39 is 5.60 Å². The number of H-pyrrole nitrogens is 1. The summed E-state index contributed by atoms with van der Waals surface area (Å²) in [4.78, 5) is 45.1. The minimum absolute atomic E-state index is 0.132. The van der Waals surface area contributed by atoms with Crippen molar-refractivity contribution in [3.63, 3.8) is 0 Å². The number of amides is 2. The zero-order chi connectivity index (χ0) is 23.6. The zero-order valence-electron chi connectivity index (χ0n) is 19.8. The van der Waals surface area contributed by atoms with E-state index in [2.05, 4.69) is 4.98 Å². The number of fused-ring (bicyclic) bond motifs is 1. The molecule has 1 fully saturated rings. The lowest BCUT2D eigenvalue weighted by atomic mass is 9.97. The Labute approximate surface area is 188 Å². The van der Waals surface area contributed by atoms with Crippen molar-refractivity contribution >= 4 is 22.9 Å². The number of aromatic nitrogens is 1. The number of piperidine rings is 1. The van der Waals surface area contributed by atoms with Gasteiger partial charge in [-0.3, -0.25) is 9.59 Å². The normalized spacial score (nSPS) is 16.7. The third-order valence-electron chi connectivity index (χ3n) is 5.71. The largest absolute Gasteiger partial charge is 0.495 e. The number of methoxy groups -OCH3 is 1. The third-order valence-corrected chi connectivity index (χ3v) is 5.71. The lowest BCUT2D eigenvalue weighted by Gasteiger charge is -2.35. The van der Waals surface area contributed by atoms with Crippen molar-refractivity contribution in [1.82, 2.24) is 14.8 Å². The van der Waals surface area contributed by atoms with Crippen LogP contribution in [0.4, 0.5) is 4.79 Å². The van der Waals surface area contributed by atoms with Gasteiger partial charge >= 0.3 is 6.09 Å². The molecule has 3 rings (SSSR count). The molecule has 0 spiro atoms. The summed E-state index contributed by atoms with van der Waals surface area (Å²) in [5, 5.41) is 0.494. The summed E-state index contributed by atoms with van der Waals surface area (Å²) in [7, 11) is 3.25. The number of benzene rings is 1. The van der Waals surface area contributed by atoms with E-state index in [0.717, 1.165) is 12.8 Å². The average molecular weight is 444 g/mol. The zero-order valence-corrected chi connectivity index (χ0v) is 19.8. The number of pyridine rings is 1. The molecule has 0 radical (unpaired) electrons. The van der Waals surface area contributed by atoms with Crippen molar-refractivity contribution in [3.05, 3.63) is 39.7 Å². The Kier molecular flexibility index (Phi) is 6.81. The first-order chi connectivity index (χ1) is 15.0. The lowest BCUT2D eigenvalue weighted by molar-refractivity contribution is 0.0244. The van der Waals surface area contributed by atoms with E-state index in [4.69, 9.17) is 9.47 Å². The molecule has 1 atom stereocenters. The third kappa shape index (κ3) is 5.06. The van der Waals surface area contributed by atoms with Crippen LogP contribution in [-0.4, -0.2) is 66.2 Å². The van der Waals surface area contributed by atoms with Gasteiger partial charge in [-0.1, -0.05) is 6.07 Å². The SMILES string of the molecule is COc1cccc2c(=O)c(C)c(C(=O)N3CCC[C@H](CN(C)C(=O)OC(C)(C)C)C3)[nH]c12. The Morgan fingerprint density at radius 1 is 1.28 bits per heavy atom. The quantitative estimate of drug-likeness (QED) is 0.780. The minimum atomic E-state index is -0.555. The van der Waals surface area contributed by atoms with Crippen molar-refractivity contribution in [2.45, 2.75) is 46.1 Å².